The number of amides is 1. The van der Waals surface area contributed by atoms with Gasteiger partial charge in [0.1, 0.15) is 6.33 Å². The summed E-state index contributed by atoms with van der Waals surface area (Å²) in [5.41, 5.74) is 5.67. The van der Waals surface area contributed by atoms with Crippen molar-refractivity contribution in [2.45, 2.75) is 46.6 Å². The first-order valence-corrected chi connectivity index (χ1v) is 10.7. The molecule has 1 aliphatic heterocycles. The Morgan fingerprint density at radius 3 is 2.63 bits per heavy atom. The van der Waals surface area contributed by atoms with E-state index in [0.29, 0.717) is 18.6 Å². The van der Waals surface area contributed by atoms with Crippen molar-refractivity contribution in [3.05, 3.63) is 58.7 Å². The van der Waals surface area contributed by atoms with Gasteiger partial charge in [-0.05, 0) is 44.7 Å². The first-order valence-electron chi connectivity index (χ1n) is 10.7. The second kappa shape index (κ2) is 8.92. The Hall–Kier alpha value is -2.80. The molecule has 0 radical (unpaired) electrons. The molecule has 1 saturated heterocycles. The fraction of sp³-hybridized carbons (Fsp3) is 0.478. The summed E-state index contributed by atoms with van der Waals surface area (Å²) >= 11 is 0. The number of hydrogen-bond donors (Lipinski definition) is 0. The van der Waals surface area contributed by atoms with Crippen LogP contribution in [-0.2, 0) is 17.8 Å². The van der Waals surface area contributed by atoms with E-state index in [1.54, 1.807) is 4.52 Å². The van der Waals surface area contributed by atoms with E-state index < -0.39 is 0 Å². The average Bonchev–Trinajstić information content (AvgIpc) is 3.07. The van der Waals surface area contributed by atoms with Crippen molar-refractivity contribution < 1.29 is 4.79 Å². The van der Waals surface area contributed by atoms with Crippen LogP contribution in [0.15, 0.2) is 30.6 Å². The molecule has 3 heterocycles. The minimum absolute atomic E-state index is 0.227. The Morgan fingerprint density at radius 2 is 1.83 bits per heavy atom. The van der Waals surface area contributed by atoms with Gasteiger partial charge < -0.3 is 4.90 Å². The van der Waals surface area contributed by atoms with Crippen molar-refractivity contribution in [2.75, 3.05) is 26.2 Å². The molecule has 0 saturated carbocycles. The zero-order chi connectivity index (χ0) is 21.1. The molecule has 0 atom stereocenters. The molecule has 0 bridgehead atoms. The SMILES string of the molecule is Cc1ccc(CN2CCCN(C(=O)CCc3c(C)nc4ncnn4c3C)CC2)cc1. The van der Waals surface area contributed by atoms with Gasteiger partial charge in [-0.15, -0.1) is 0 Å². The van der Waals surface area contributed by atoms with Crippen LogP contribution in [0.1, 0.15) is 40.9 Å². The molecule has 0 N–H and O–H groups in total. The number of nitrogens with zero attached hydrogens (tertiary/aromatic N) is 6. The Bertz CT molecular complexity index is 1030. The quantitative estimate of drug-likeness (QED) is 0.652. The molecule has 4 rings (SSSR count). The molecule has 1 amide bonds. The minimum Gasteiger partial charge on any atom is -0.341 e. The summed E-state index contributed by atoms with van der Waals surface area (Å²) in [4.78, 5) is 26.1. The number of carbonyl (C=O) groups is 1. The predicted octanol–water partition coefficient (Wildman–Crippen LogP) is 2.72. The maximum absolute atomic E-state index is 12.9. The number of fused-ring (bicyclic) bond motifs is 1. The molecular weight excluding hydrogens is 376 g/mol. The lowest BCUT2D eigenvalue weighted by atomic mass is 10.1. The molecule has 3 aromatic rings. The molecule has 158 valence electrons. The van der Waals surface area contributed by atoms with E-state index in [1.165, 1.54) is 17.5 Å². The van der Waals surface area contributed by atoms with Gasteiger partial charge in [-0.3, -0.25) is 9.69 Å². The summed E-state index contributed by atoms with van der Waals surface area (Å²) in [7, 11) is 0. The van der Waals surface area contributed by atoms with Crippen molar-refractivity contribution in [3.8, 4) is 0 Å². The molecule has 30 heavy (non-hydrogen) atoms. The van der Waals surface area contributed by atoms with E-state index in [-0.39, 0.29) is 5.91 Å². The number of rotatable bonds is 5. The van der Waals surface area contributed by atoms with E-state index in [0.717, 1.165) is 56.1 Å². The fourth-order valence-corrected chi connectivity index (χ4v) is 4.24. The van der Waals surface area contributed by atoms with Crippen LogP contribution in [0.2, 0.25) is 0 Å². The van der Waals surface area contributed by atoms with Gasteiger partial charge in [0, 0.05) is 50.5 Å². The van der Waals surface area contributed by atoms with Crippen LogP contribution in [0.3, 0.4) is 0 Å². The standard InChI is InChI=1S/C23H30N6O/c1-17-5-7-20(8-6-17)15-27-11-4-12-28(14-13-27)22(30)10-9-21-18(2)26-23-24-16-25-29(23)19(21)3/h5-8,16H,4,9-15H2,1-3H3. The average molecular weight is 407 g/mol. The smallest absolute Gasteiger partial charge is 0.252 e. The Labute approximate surface area is 177 Å². The van der Waals surface area contributed by atoms with Gasteiger partial charge in [-0.2, -0.15) is 10.1 Å². The second-order valence-electron chi connectivity index (χ2n) is 8.23. The van der Waals surface area contributed by atoms with Crippen LogP contribution in [0.5, 0.6) is 0 Å². The maximum atomic E-state index is 12.9. The number of aryl methyl sites for hydroxylation is 3. The van der Waals surface area contributed by atoms with Crippen LogP contribution in [0.4, 0.5) is 0 Å². The third-order valence-electron chi connectivity index (χ3n) is 6.05. The fourth-order valence-electron chi connectivity index (χ4n) is 4.24. The largest absolute Gasteiger partial charge is 0.341 e. The zero-order valence-corrected chi connectivity index (χ0v) is 18.1. The molecule has 1 aliphatic rings. The molecule has 0 unspecified atom stereocenters. The highest BCUT2D eigenvalue weighted by Crippen LogP contribution is 2.16. The highest BCUT2D eigenvalue weighted by atomic mass is 16.2. The molecule has 1 fully saturated rings. The van der Waals surface area contributed by atoms with Crippen LogP contribution in [-0.4, -0.2) is 61.5 Å². The van der Waals surface area contributed by atoms with Gasteiger partial charge >= 0.3 is 0 Å². The Balaban J connectivity index is 1.34. The van der Waals surface area contributed by atoms with Crippen molar-refractivity contribution in [1.82, 2.24) is 29.4 Å². The highest BCUT2D eigenvalue weighted by molar-refractivity contribution is 5.76. The predicted molar refractivity (Wildman–Crippen MR) is 116 cm³/mol. The number of carbonyl (C=O) groups excluding carboxylic acids is 1. The summed E-state index contributed by atoms with van der Waals surface area (Å²) in [5, 5.41) is 4.24. The summed E-state index contributed by atoms with van der Waals surface area (Å²) in [6, 6.07) is 8.73. The van der Waals surface area contributed by atoms with Crippen LogP contribution in [0, 0.1) is 20.8 Å². The van der Waals surface area contributed by atoms with Crippen molar-refractivity contribution in [1.29, 1.82) is 0 Å². The molecular formula is C23H30N6O. The van der Waals surface area contributed by atoms with Gasteiger partial charge in [0.2, 0.25) is 5.91 Å². The number of hydrogen-bond acceptors (Lipinski definition) is 5. The van der Waals surface area contributed by atoms with E-state index in [2.05, 4.69) is 51.2 Å². The second-order valence-corrected chi connectivity index (χ2v) is 8.23. The molecule has 1 aromatic carbocycles. The molecule has 7 heteroatoms. The van der Waals surface area contributed by atoms with Gasteiger partial charge in [-0.25, -0.2) is 9.50 Å². The summed E-state index contributed by atoms with van der Waals surface area (Å²) in [5.74, 6) is 0.839. The monoisotopic (exact) mass is 406 g/mol. The summed E-state index contributed by atoms with van der Waals surface area (Å²) in [6.45, 7) is 10.6. The Kier molecular flexibility index (Phi) is 6.08. The van der Waals surface area contributed by atoms with Crippen molar-refractivity contribution in [2.24, 2.45) is 0 Å². The van der Waals surface area contributed by atoms with Gasteiger partial charge in [-0.1, -0.05) is 29.8 Å². The normalized spacial score (nSPS) is 15.5. The molecule has 0 aliphatic carbocycles. The van der Waals surface area contributed by atoms with Crippen molar-refractivity contribution >= 4 is 11.7 Å². The van der Waals surface area contributed by atoms with Crippen LogP contribution in [0.25, 0.3) is 5.78 Å². The first kappa shape index (κ1) is 20.5. The Morgan fingerprint density at radius 1 is 1.03 bits per heavy atom. The highest BCUT2D eigenvalue weighted by Gasteiger charge is 2.20. The first-order chi connectivity index (χ1) is 14.5. The van der Waals surface area contributed by atoms with Crippen LogP contribution >= 0.6 is 0 Å². The van der Waals surface area contributed by atoms with Gasteiger partial charge in [0.15, 0.2) is 0 Å². The molecule has 7 nitrogen and oxygen atoms in total. The van der Waals surface area contributed by atoms with Gasteiger partial charge in [0.05, 0.1) is 0 Å². The topological polar surface area (TPSA) is 66.6 Å². The lowest BCUT2D eigenvalue weighted by molar-refractivity contribution is -0.131. The van der Waals surface area contributed by atoms with E-state index in [1.807, 2.05) is 18.7 Å². The zero-order valence-electron chi connectivity index (χ0n) is 18.1. The number of benzene rings is 1. The molecule has 0 spiro atoms. The van der Waals surface area contributed by atoms with E-state index in [4.69, 9.17) is 0 Å². The third-order valence-corrected chi connectivity index (χ3v) is 6.05. The van der Waals surface area contributed by atoms with Crippen LogP contribution < -0.4 is 0 Å². The van der Waals surface area contributed by atoms with E-state index >= 15 is 0 Å². The third kappa shape index (κ3) is 4.51. The summed E-state index contributed by atoms with van der Waals surface area (Å²) < 4.78 is 1.75. The van der Waals surface area contributed by atoms with Crippen molar-refractivity contribution in [3.63, 3.8) is 0 Å². The minimum atomic E-state index is 0.227. The lowest BCUT2D eigenvalue weighted by Crippen LogP contribution is -2.35. The number of aromatic nitrogens is 4. The maximum Gasteiger partial charge on any atom is 0.252 e. The summed E-state index contributed by atoms with van der Waals surface area (Å²) in [6.07, 6.45) is 3.72. The molecule has 2 aromatic heterocycles. The lowest BCUT2D eigenvalue weighted by Gasteiger charge is -2.22. The van der Waals surface area contributed by atoms with Gasteiger partial charge in [0.25, 0.3) is 5.78 Å². The van der Waals surface area contributed by atoms with E-state index in [9.17, 15) is 4.79 Å².